The molecule has 0 radical (unpaired) electrons. The van der Waals surface area contributed by atoms with Crippen molar-refractivity contribution in [3.63, 3.8) is 0 Å². The number of rotatable bonds is 5. The Hall–Kier alpha value is -3.81. The van der Waals surface area contributed by atoms with E-state index in [-0.39, 0.29) is 0 Å². The Balaban J connectivity index is 1.23. The maximum absolute atomic E-state index is 5.03. The van der Waals surface area contributed by atoms with Crippen LogP contribution in [-0.4, -0.2) is 48.2 Å². The zero-order valence-corrected chi connectivity index (χ0v) is 21.1. The molecule has 1 aliphatic heterocycles. The molecule has 0 aromatic carbocycles. The summed E-state index contributed by atoms with van der Waals surface area (Å²) in [5, 5.41) is 7.74. The summed E-state index contributed by atoms with van der Waals surface area (Å²) >= 11 is 0. The van der Waals surface area contributed by atoms with Crippen LogP contribution >= 0.6 is 0 Å². The van der Waals surface area contributed by atoms with Crippen molar-refractivity contribution in [3.8, 4) is 22.8 Å². The first-order chi connectivity index (χ1) is 18.3. The van der Waals surface area contributed by atoms with Crippen LogP contribution in [0.4, 0.5) is 5.82 Å². The highest BCUT2D eigenvalue weighted by Crippen LogP contribution is 2.32. The zero-order valence-electron chi connectivity index (χ0n) is 21.1. The summed E-state index contributed by atoms with van der Waals surface area (Å²) in [5.74, 6) is 2.44. The van der Waals surface area contributed by atoms with Crippen LogP contribution in [0.5, 0.6) is 0 Å². The van der Waals surface area contributed by atoms with Crippen molar-refractivity contribution in [1.82, 2.24) is 35.1 Å². The van der Waals surface area contributed by atoms with E-state index in [4.69, 9.17) is 9.97 Å². The summed E-state index contributed by atoms with van der Waals surface area (Å²) in [4.78, 5) is 25.1. The molecule has 0 spiro atoms. The van der Waals surface area contributed by atoms with Gasteiger partial charge in [0.1, 0.15) is 11.0 Å². The summed E-state index contributed by atoms with van der Waals surface area (Å²) in [6.45, 7) is 2.05. The third-order valence-electron chi connectivity index (χ3n) is 8.01. The highest BCUT2D eigenvalue weighted by molar-refractivity contribution is 5.93. The van der Waals surface area contributed by atoms with Crippen LogP contribution < -0.4 is 4.90 Å². The molecular formula is C29H32N8. The Morgan fingerprint density at radius 3 is 2.62 bits per heavy atom. The number of H-pyrrole nitrogens is 2. The molecule has 8 heteroatoms. The van der Waals surface area contributed by atoms with Crippen LogP contribution in [0.3, 0.4) is 0 Å². The van der Waals surface area contributed by atoms with Gasteiger partial charge in [-0.3, -0.25) is 10.1 Å². The van der Waals surface area contributed by atoms with Crippen molar-refractivity contribution in [2.24, 2.45) is 5.92 Å². The molecule has 5 aromatic rings. The van der Waals surface area contributed by atoms with Crippen LogP contribution in [0.1, 0.15) is 56.9 Å². The lowest BCUT2D eigenvalue weighted by Crippen LogP contribution is -2.30. The summed E-state index contributed by atoms with van der Waals surface area (Å²) < 4.78 is 0. The average Bonchev–Trinajstić information content (AvgIpc) is 3.58. The first-order valence-electron chi connectivity index (χ1n) is 13.7. The summed E-state index contributed by atoms with van der Waals surface area (Å²) in [7, 11) is 0. The van der Waals surface area contributed by atoms with Gasteiger partial charge in [-0.1, -0.05) is 32.1 Å². The zero-order chi connectivity index (χ0) is 24.6. The molecule has 8 nitrogen and oxygen atoms in total. The molecule has 0 bridgehead atoms. The van der Waals surface area contributed by atoms with Gasteiger partial charge in [0.25, 0.3) is 0 Å². The highest BCUT2D eigenvalue weighted by atomic mass is 15.2. The van der Waals surface area contributed by atoms with Gasteiger partial charge in [-0.25, -0.2) is 15.0 Å². The number of imidazole rings is 1. The maximum Gasteiger partial charge on any atom is 0.161 e. The minimum absolute atomic E-state index is 0.710. The van der Waals surface area contributed by atoms with Gasteiger partial charge in [-0.15, -0.1) is 0 Å². The third-order valence-corrected chi connectivity index (χ3v) is 8.01. The quantitative estimate of drug-likeness (QED) is 0.309. The predicted molar refractivity (Wildman–Crippen MR) is 146 cm³/mol. The van der Waals surface area contributed by atoms with Crippen LogP contribution in [0.15, 0.2) is 42.9 Å². The number of hydrogen-bond acceptors (Lipinski definition) is 6. The lowest BCUT2D eigenvalue weighted by Gasteiger charge is -2.27. The molecular weight excluding hydrogens is 460 g/mol. The van der Waals surface area contributed by atoms with Gasteiger partial charge in [0.15, 0.2) is 17.3 Å². The van der Waals surface area contributed by atoms with Gasteiger partial charge in [-0.05, 0) is 61.4 Å². The first-order valence-corrected chi connectivity index (χ1v) is 13.7. The molecule has 1 saturated heterocycles. The number of aromatic amines is 2. The van der Waals surface area contributed by atoms with E-state index in [0.29, 0.717) is 5.82 Å². The number of anilines is 1. The number of nitrogens with one attached hydrogen (secondary N) is 2. The Bertz CT molecular complexity index is 1540. The SMILES string of the molecule is c1cc2[nH]c(-c3n[nH]c4ccc(-c5cncc(CC6CCCCC6)c5)nc34)nc2c(N2CCCCC2)n1. The van der Waals surface area contributed by atoms with E-state index in [2.05, 4.69) is 36.1 Å². The number of aromatic nitrogens is 7. The number of nitrogens with zero attached hydrogens (tertiary/aromatic N) is 6. The van der Waals surface area contributed by atoms with E-state index < -0.39 is 0 Å². The fourth-order valence-corrected chi connectivity index (χ4v) is 6.06. The van der Waals surface area contributed by atoms with E-state index in [1.165, 1.54) is 56.9 Å². The van der Waals surface area contributed by atoms with Crippen molar-refractivity contribution in [1.29, 1.82) is 0 Å². The van der Waals surface area contributed by atoms with E-state index in [0.717, 1.165) is 70.3 Å². The molecule has 37 heavy (non-hydrogen) atoms. The average molecular weight is 493 g/mol. The van der Waals surface area contributed by atoms with Crippen molar-refractivity contribution in [3.05, 3.63) is 48.4 Å². The van der Waals surface area contributed by atoms with Crippen LogP contribution in [0.2, 0.25) is 0 Å². The second-order valence-corrected chi connectivity index (χ2v) is 10.6. The van der Waals surface area contributed by atoms with Crippen molar-refractivity contribution in [2.45, 2.75) is 57.8 Å². The van der Waals surface area contributed by atoms with Crippen molar-refractivity contribution >= 4 is 27.9 Å². The minimum Gasteiger partial charge on any atom is -0.355 e. The lowest BCUT2D eigenvalue weighted by atomic mass is 9.85. The van der Waals surface area contributed by atoms with Gasteiger partial charge in [0.05, 0.1) is 16.7 Å². The maximum atomic E-state index is 5.03. The lowest BCUT2D eigenvalue weighted by molar-refractivity contribution is 0.356. The smallest absolute Gasteiger partial charge is 0.161 e. The molecule has 6 heterocycles. The predicted octanol–water partition coefficient (Wildman–Crippen LogP) is 6.07. The number of fused-ring (bicyclic) bond motifs is 2. The molecule has 7 rings (SSSR count). The summed E-state index contributed by atoms with van der Waals surface area (Å²) in [5.41, 5.74) is 7.53. The molecule has 2 aliphatic rings. The molecule has 1 aliphatic carbocycles. The number of piperidine rings is 1. The molecule has 2 fully saturated rings. The first kappa shape index (κ1) is 22.4. The second kappa shape index (κ2) is 9.57. The molecule has 188 valence electrons. The van der Waals surface area contributed by atoms with Crippen LogP contribution in [0, 0.1) is 5.92 Å². The highest BCUT2D eigenvalue weighted by Gasteiger charge is 2.20. The Kier molecular flexibility index (Phi) is 5.79. The van der Waals surface area contributed by atoms with Crippen molar-refractivity contribution < 1.29 is 0 Å². The minimum atomic E-state index is 0.710. The van der Waals surface area contributed by atoms with Crippen LogP contribution in [-0.2, 0) is 6.42 Å². The molecule has 5 aromatic heterocycles. The largest absolute Gasteiger partial charge is 0.355 e. The topological polar surface area (TPSA) is 99.3 Å². The van der Waals surface area contributed by atoms with Gasteiger partial charge in [-0.2, -0.15) is 5.10 Å². The summed E-state index contributed by atoms with van der Waals surface area (Å²) in [6.07, 6.45) is 17.3. The number of hydrogen-bond donors (Lipinski definition) is 2. The molecule has 0 atom stereocenters. The molecule has 0 amide bonds. The van der Waals surface area contributed by atoms with Gasteiger partial charge in [0, 0.05) is 37.2 Å². The van der Waals surface area contributed by atoms with Gasteiger partial charge < -0.3 is 9.88 Å². The van der Waals surface area contributed by atoms with Crippen molar-refractivity contribution in [2.75, 3.05) is 18.0 Å². The van der Waals surface area contributed by atoms with E-state index in [1.54, 1.807) is 0 Å². The molecule has 0 unspecified atom stereocenters. The Morgan fingerprint density at radius 1 is 0.865 bits per heavy atom. The molecule has 1 saturated carbocycles. The van der Waals surface area contributed by atoms with E-state index >= 15 is 0 Å². The summed E-state index contributed by atoms with van der Waals surface area (Å²) in [6, 6.07) is 8.33. The van der Waals surface area contributed by atoms with E-state index in [1.807, 2.05) is 36.8 Å². The fourth-order valence-electron chi connectivity index (χ4n) is 6.06. The third kappa shape index (κ3) is 4.34. The monoisotopic (exact) mass is 492 g/mol. The fraction of sp³-hybridized carbons (Fsp3) is 0.414. The van der Waals surface area contributed by atoms with Gasteiger partial charge in [0.2, 0.25) is 0 Å². The normalized spacial score (nSPS) is 17.1. The standard InChI is InChI=1S/C29H32N8/c1-3-7-19(8-4-1)15-20-16-21(18-30-17-20)22-9-10-24-25(32-22)27(36-35-24)28-33-23-11-12-31-29(26(23)34-28)37-13-5-2-6-14-37/h9-12,16-19H,1-8,13-15H2,(H,33,34)(H,35,36). The van der Waals surface area contributed by atoms with Crippen LogP contribution in [0.25, 0.3) is 44.8 Å². The second-order valence-electron chi connectivity index (χ2n) is 10.6. The van der Waals surface area contributed by atoms with Gasteiger partial charge >= 0.3 is 0 Å². The van der Waals surface area contributed by atoms with E-state index in [9.17, 15) is 0 Å². The Morgan fingerprint density at radius 2 is 1.73 bits per heavy atom. The molecule has 2 N–H and O–H groups in total. The Labute approximate surface area is 216 Å². The number of pyridine rings is 3.